The minimum absolute atomic E-state index is 0.750. The molecule has 0 radical (unpaired) electrons. The number of rotatable bonds is 1. The Morgan fingerprint density at radius 2 is 2.20 bits per heavy atom. The number of aryl methyl sites for hydroxylation is 1. The minimum Gasteiger partial charge on any atom is -0.398 e. The third kappa shape index (κ3) is 1.45. The Kier molecular flexibility index (Phi) is 2.22. The number of nitrogens with two attached hydrogens (primary N) is 1. The molecule has 2 N–H and O–H groups in total. The van der Waals surface area contributed by atoms with Crippen molar-refractivity contribution in [3.05, 3.63) is 23.8 Å². The molecule has 0 aliphatic rings. The molecule has 0 fully saturated rings. The third-order valence-corrected chi connectivity index (χ3v) is 1.89. The van der Waals surface area contributed by atoms with Crippen molar-refractivity contribution >= 4 is 18.3 Å². The van der Waals surface area contributed by atoms with Crippen molar-refractivity contribution in [1.29, 1.82) is 0 Å². The summed E-state index contributed by atoms with van der Waals surface area (Å²) in [5, 5.41) is 0. The second-order valence-electron chi connectivity index (χ2n) is 2.25. The number of nitrogen functional groups attached to an aromatic ring is 1. The van der Waals surface area contributed by atoms with Crippen molar-refractivity contribution in [1.82, 2.24) is 0 Å². The van der Waals surface area contributed by atoms with Gasteiger partial charge < -0.3 is 5.73 Å². The number of hydrogen-bond donors (Lipinski definition) is 2. The third-order valence-electron chi connectivity index (χ3n) is 1.50. The zero-order valence-corrected chi connectivity index (χ0v) is 6.86. The highest BCUT2D eigenvalue weighted by molar-refractivity contribution is 7.80. The highest BCUT2D eigenvalue weighted by atomic mass is 32.1. The first-order valence-electron chi connectivity index (χ1n) is 3.31. The van der Waals surface area contributed by atoms with Crippen LogP contribution < -0.4 is 5.73 Å². The van der Waals surface area contributed by atoms with E-state index in [4.69, 9.17) is 5.73 Å². The summed E-state index contributed by atoms with van der Waals surface area (Å²) in [6.45, 7) is 2.11. The van der Waals surface area contributed by atoms with Gasteiger partial charge in [-0.3, -0.25) is 0 Å². The van der Waals surface area contributed by atoms with E-state index in [-0.39, 0.29) is 0 Å². The molecule has 0 spiro atoms. The number of thiol groups is 1. The maximum Gasteiger partial charge on any atom is 0.0449 e. The summed E-state index contributed by atoms with van der Waals surface area (Å²) in [4.78, 5) is 0.874. The van der Waals surface area contributed by atoms with Crippen molar-refractivity contribution in [3.8, 4) is 0 Å². The van der Waals surface area contributed by atoms with Gasteiger partial charge in [-0.05, 0) is 24.1 Å². The highest BCUT2D eigenvalue weighted by Gasteiger charge is 1.93. The molecule has 10 heavy (non-hydrogen) atoms. The number of anilines is 1. The number of benzene rings is 1. The summed E-state index contributed by atoms with van der Waals surface area (Å²) in [5.74, 6) is 0. The Hall–Kier alpha value is -0.630. The van der Waals surface area contributed by atoms with E-state index in [0.717, 1.165) is 17.0 Å². The van der Waals surface area contributed by atoms with E-state index in [1.807, 2.05) is 18.2 Å². The summed E-state index contributed by atoms with van der Waals surface area (Å²) < 4.78 is 0. The van der Waals surface area contributed by atoms with E-state index in [2.05, 4.69) is 19.6 Å². The molecule has 1 nitrogen and oxygen atoms in total. The highest BCUT2D eigenvalue weighted by Crippen LogP contribution is 2.17. The van der Waals surface area contributed by atoms with Gasteiger partial charge in [0.25, 0.3) is 0 Å². The molecular weight excluding hydrogens is 142 g/mol. The lowest BCUT2D eigenvalue weighted by molar-refractivity contribution is 1.13. The molecular formula is C8H11NS. The topological polar surface area (TPSA) is 26.0 Å². The first kappa shape index (κ1) is 7.48. The van der Waals surface area contributed by atoms with E-state index < -0.39 is 0 Å². The Morgan fingerprint density at radius 1 is 1.50 bits per heavy atom. The molecule has 0 heterocycles. The quantitative estimate of drug-likeness (QED) is 0.469. The second-order valence-corrected chi connectivity index (χ2v) is 2.73. The lowest BCUT2D eigenvalue weighted by Crippen LogP contribution is -1.88. The van der Waals surface area contributed by atoms with Gasteiger partial charge in [0.05, 0.1) is 0 Å². The molecule has 0 aromatic heterocycles. The minimum atomic E-state index is 0.750. The maximum absolute atomic E-state index is 5.57. The zero-order valence-electron chi connectivity index (χ0n) is 5.96. The molecule has 0 atom stereocenters. The van der Waals surface area contributed by atoms with Crippen molar-refractivity contribution in [2.24, 2.45) is 0 Å². The molecule has 1 aromatic rings. The monoisotopic (exact) mass is 153 g/mol. The predicted octanol–water partition coefficient (Wildman–Crippen LogP) is 2.12. The van der Waals surface area contributed by atoms with E-state index in [1.165, 1.54) is 5.56 Å². The van der Waals surface area contributed by atoms with Gasteiger partial charge in [0.2, 0.25) is 0 Å². The SMILES string of the molecule is CCc1ccc(N)c(S)c1. The number of hydrogen-bond acceptors (Lipinski definition) is 2. The van der Waals surface area contributed by atoms with Crippen molar-refractivity contribution in [3.63, 3.8) is 0 Å². The zero-order chi connectivity index (χ0) is 7.56. The van der Waals surface area contributed by atoms with Gasteiger partial charge in [-0.15, -0.1) is 12.6 Å². The van der Waals surface area contributed by atoms with Crippen LogP contribution in [0.4, 0.5) is 5.69 Å². The fraction of sp³-hybridized carbons (Fsp3) is 0.250. The van der Waals surface area contributed by atoms with Crippen LogP contribution in [0.5, 0.6) is 0 Å². The van der Waals surface area contributed by atoms with Crippen LogP contribution in [0.1, 0.15) is 12.5 Å². The van der Waals surface area contributed by atoms with Gasteiger partial charge in [0.15, 0.2) is 0 Å². The fourth-order valence-electron chi connectivity index (χ4n) is 0.809. The first-order chi connectivity index (χ1) is 4.74. The fourth-order valence-corrected chi connectivity index (χ4v) is 1.05. The van der Waals surface area contributed by atoms with Crippen LogP contribution in [0.15, 0.2) is 23.1 Å². The summed E-state index contributed by atoms with van der Waals surface area (Å²) in [7, 11) is 0. The molecule has 54 valence electrons. The normalized spacial score (nSPS) is 9.80. The molecule has 0 bridgehead atoms. The van der Waals surface area contributed by atoms with E-state index in [9.17, 15) is 0 Å². The van der Waals surface area contributed by atoms with Crippen LogP contribution in [0.2, 0.25) is 0 Å². The second kappa shape index (κ2) is 2.97. The van der Waals surface area contributed by atoms with Crippen LogP contribution >= 0.6 is 12.6 Å². The van der Waals surface area contributed by atoms with Gasteiger partial charge in [-0.25, -0.2) is 0 Å². The van der Waals surface area contributed by atoms with Gasteiger partial charge in [-0.1, -0.05) is 13.0 Å². The van der Waals surface area contributed by atoms with E-state index >= 15 is 0 Å². The average molecular weight is 153 g/mol. The molecule has 0 aliphatic carbocycles. The lowest BCUT2D eigenvalue weighted by Gasteiger charge is -2.00. The van der Waals surface area contributed by atoms with Gasteiger partial charge in [0, 0.05) is 10.6 Å². The average Bonchev–Trinajstić information content (AvgIpc) is 1.95. The van der Waals surface area contributed by atoms with Crippen LogP contribution in [-0.2, 0) is 6.42 Å². The molecule has 0 saturated heterocycles. The molecule has 2 heteroatoms. The molecule has 0 saturated carbocycles. The predicted molar refractivity (Wildman–Crippen MR) is 47.5 cm³/mol. The Morgan fingerprint density at radius 3 is 2.70 bits per heavy atom. The Bertz CT molecular complexity index is 233. The Labute approximate surface area is 66.7 Å². The van der Waals surface area contributed by atoms with E-state index in [0.29, 0.717) is 0 Å². The summed E-state index contributed by atoms with van der Waals surface area (Å²) in [6.07, 6.45) is 1.04. The summed E-state index contributed by atoms with van der Waals surface area (Å²) >= 11 is 4.20. The van der Waals surface area contributed by atoms with Crippen molar-refractivity contribution in [2.45, 2.75) is 18.2 Å². The van der Waals surface area contributed by atoms with Crippen LogP contribution in [0, 0.1) is 0 Å². The summed E-state index contributed by atoms with van der Waals surface area (Å²) in [5.41, 5.74) is 7.59. The smallest absolute Gasteiger partial charge is 0.0449 e. The largest absolute Gasteiger partial charge is 0.398 e. The van der Waals surface area contributed by atoms with Crippen LogP contribution in [0.3, 0.4) is 0 Å². The maximum atomic E-state index is 5.57. The van der Waals surface area contributed by atoms with Crippen molar-refractivity contribution in [2.75, 3.05) is 5.73 Å². The van der Waals surface area contributed by atoms with Gasteiger partial charge in [-0.2, -0.15) is 0 Å². The standard InChI is InChI=1S/C8H11NS/c1-2-6-3-4-7(9)8(10)5-6/h3-5,10H,2,9H2,1H3. The van der Waals surface area contributed by atoms with Gasteiger partial charge in [0.1, 0.15) is 0 Å². The van der Waals surface area contributed by atoms with E-state index in [1.54, 1.807) is 0 Å². The molecule has 1 aromatic carbocycles. The van der Waals surface area contributed by atoms with Crippen LogP contribution in [0.25, 0.3) is 0 Å². The molecule has 0 unspecified atom stereocenters. The van der Waals surface area contributed by atoms with Crippen LogP contribution in [-0.4, -0.2) is 0 Å². The molecule has 1 rings (SSSR count). The first-order valence-corrected chi connectivity index (χ1v) is 3.76. The Balaban J connectivity index is 3.04. The summed E-state index contributed by atoms with van der Waals surface area (Å²) in [6, 6.07) is 5.91. The lowest BCUT2D eigenvalue weighted by atomic mass is 10.1. The van der Waals surface area contributed by atoms with Gasteiger partial charge >= 0.3 is 0 Å². The molecule has 0 amide bonds. The molecule has 0 aliphatic heterocycles. The van der Waals surface area contributed by atoms with Crippen molar-refractivity contribution < 1.29 is 0 Å².